The number of hydrogen-bond donors (Lipinski definition) is 2. The van der Waals surface area contributed by atoms with E-state index in [1.807, 2.05) is 6.92 Å². The second-order valence-electron chi connectivity index (χ2n) is 6.66. The lowest BCUT2D eigenvalue weighted by Gasteiger charge is -2.25. The van der Waals surface area contributed by atoms with Crippen LogP contribution < -0.4 is 10.2 Å². The quantitative estimate of drug-likeness (QED) is 0.892. The molecule has 0 aromatic heterocycles. The summed E-state index contributed by atoms with van der Waals surface area (Å²) in [5, 5.41) is 14.4. The number of nitrogens with one attached hydrogen (secondary N) is 1. The smallest absolute Gasteiger partial charge is 0.0642 e. The molecule has 2 rings (SSSR count). The van der Waals surface area contributed by atoms with Gasteiger partial charge < -0.3 is 15.3 Å². The number of benzene rings is 1. The molecule has 2 N–H and O–H groups in total. The highest BCUT2D eigenvalue weighted by Crippen LogP contribution is 2.31. The van der Waals surface area contributed by atoms with E-state index in [0.717, 1.165) is 49.6 Å². The van der Waals surface area contributed by atoms with Gasteiger partial charge in [-0.2, -0.15) is 0 Å². The van der Waals surface area contributed by atoms with E-state index in [-0.39, 0.29) is 0 Å². The summed E-state index contributed by atoms with van der Waals surface area (Å²) in [5.74, 6) is 0. The van der Waals surface area contributed by atoms with Crippen molar-refractivity contribution in [3.63, 3.8) is 0 Å². The molecule has 1 saturated heterocycles. The van der Waals surface area contributed by atoms with Crippen molar-refractivity contribution in [3.8, 4) is 0 Å². The van der Waals surface area contributed by atoms with E-state index in [1.54, 1.807) is 0 Å². The second-order valence-corrected chi connectivity index (χ2v) is 7.07. The summed E-state index contributed by atoms with van der Waals surface area (Å²) in [6.07, 6.45) is 2.65. The van der Waals surface area contributed by atoms with Crippen LogP contribution in [0.4, 0.5) is 5.69 Å². The second kappa shape index (κ2) is 6.99. The number of nitrogens with zero attached hydrogens (tertiary/aromatic N) is 1. The molecule has 0 bridgehead atoms. The maximum atomic E-state index is 10.2. The molecule has 21 heavy (non-hydrogen) atoms. The average molecular weight is 311 g/mol. The monoisotopic (exact) mass is 310 g/mol. The summed E-state index contributed by atoms with van der Waals surface area (Å²) in [5.41, 5.74) is 1.75. The fourth-order valence-electron chi connectivity index (χ4n) is 2.74. The van der Waals surface area contributed by atoms with Crippen LogP contribution in [0, 0.1) is 0 Å². The first-order chi connectivity index (χ1) is 9.87. The topological polar surface area (TPSA) is 35.5 Å². The Kier molecular flexibility index (Phi) is 5.53. The van der Waals surface area contributed by atoms with Crippen molar-refractivity contribution in [2.75, 3.05) is 18.0 Å². The molecule has 0 spiro atoms. The van der Waals surface area contributed by atoms with Crippen molar-refractivity contribution < 1.29 is 5.11 Å². The van der Waals surface area contributed by atoms with Crippen molar-refractivity contribution in [2.45, 2.75) is 58.2 Å². The van der Waals surface area contributed by atoms with Crippen LogP contribution in [0.1, 0.15) is 45.6 Å². The van der Waals surface area contributed by atoms with Crippen molar-refractivity contribution in [1.29, 1.82) is 0 Å². The molecule has 0 radical (unpaired) electrons. The zero-order valence-electron chi connectivity index (χ0n) is 13.3. The molecule has 1 fully saturated rings. The van der Waals surface area contributed by atoms with E-state index in [0.29, 0.717) is 6.04 Å². The Morgan fingerprint density at radius 2 is 2.10 bits per heavy atom. The van der Waals surface area contributed by atoms with Gasteiger partial charge in [0, 0.05) is 25.7 Å². The Hall–Kier alpha value is -0.770. The minimum Gasteiger partial charge on any atom is -0.390 e. The predicted octanol–water partition coefficient (Wildman–Crippen LogP) is 3.58. The van der Waals surface area contributed by atoms with Gasteiger partial charge >= 0.3 is 0 Å². The molecule has 0 aliphatic carbocycles. The summed E-state index contributed by atoms with van der Waals surface area (Å²) >= 11 is 6.47. The van der Waals surface area contributed by atoms with E-state index in [9.17, 15) is 5.11 Å². The Labute approximate surface area is 133 Å². The van der Waals surface area contributed by atoms with Crippen LogP contribution in [0.5, 0.6) is 0 Å². The van der Waals surface area contributed by atoms with Gasteiger partial charge in [0.05, 0.1) is 16.3 Å². The number of hydrogen-bond acceptors (Lipinski definition) is 3. The van der Waals surface area contributed by atoms with Gasteiger partial charge in [-0.15, -0.1) is 0 Å². The molecule has 1 atom stereocenters. The van der Waals surface area contributed by atoms with Gasteiger partial charge in [-0.3, -0.25) is 0 Å². The highest BCUT2D eigenvalue weighted by Gasteiger charge is 2.25. The SMILES string of the molecule is CC(C)NCc1ccc(N2CCCC(C)(O)CC2)c(Cl)c1. The maximum Gasteiger partial charge on any atom is 0.0642 e. The number of anilines is 1. The Balaban J connectivity index is 2.06. The van der Waals surface area contributed by atoms with Crippen LogP contribution in [0.3, 0.4) is 0 Å². The van der Waals surface area contributed by atoms with Gasteiger partial charge in [-0.05, 0) is 43.9 Å². The summed E-state index contributed by atoms with van der Waals surface area (Å²) in [4.78, 5) is 2.30. The first kappa shape index (κ1) is 16.6. The lowest BCUT2D eigenvalue weighted by atomic mass is 9.98. The van der Waals surface area contributed by atoms with Crippen LogP contribution in [-0.4, -0.2) is 29.8 Å². The van der Waals surface area contributed by atoms with E-state index < -0.39 is 5.60 Å². The lowest BCUT2D eigenvalue weighted by Crippen LogP contribution is -2.28. The third kappa shape index (κ3) is 4.87. The minimum atomic E-state index is -0.539. The van der Waals surface area contributed by atoms with Gasteiger partial charge in [0.25, 0.3) is 0 Å². The fourth-order valence-corrected chi connectivity index (χ4v) is 3.07. The van der Waals surface area contributed by atoms with Gasteiger partial charge in [-0.25, -0.2) is 0 Å². The van der Waals surface area contributed by atoms with Crippen LogP contribution in [-0.2, 0) is 6.54 Å². The molecule has 1 aliphatic rings. The maximum absolute atomic E-state index is 10.2. The third-order valence-electron chi connectivity index (χ3n) is 4.13. The molecule has 1 aliphatic heterocycles. The fraction of sp³-hybridized carbons (Fsp3) is 0.647. The summed E-state index contributed by atoms with van der Waals surface area (Å²) < 4.78 is 0. The number of rotatable bonds is 4. The molecule has 1 aromatic carbocycles. The Morgan fingerprint density at radius 3 is 2.76 bits per heavy atom. The largest absolute Gasteiger partial charge is 0.390 e. The van der Waals surface area contributed by atoms with Gasteiger partial charge in [-0.1, -0.05) is 31.5 Å². The van der Waals surface area contributed by atoms with Crippen LogP contribution >= 0.6 is 11.6 Å². The van der Waals surface area contributed by atoms with Gasteiger partial charge in [0.1, 0.15) is 0 Å². The molecule has 0 saturated carbocycles. The number of aliphatic hydroxyl groups is 1. The molecule has 1 heterocycles. The molecule has 4 heteroatoms. The normalized spacial score (nSPS) is 23.4. The van der Waals surface area contributed by atoms with E-state index >= 15 is 0 Å². The lowest BCUT2D eigenvalue weighted by molar-refractivity contribution is 0.0481. The summed E-state index contributed by atoms with van der Waals surface area (Å²) in [6, 6.07) is 6.77. The highest BCUT2D eigenvalue weighted by atomic mass is 35.5. The average Bonchev–Trinajstić information content (AvgIpc) is 2.58. The van der Waals surface area contributed by atoms with Crippen molar-refractivity contribution in [2.24, 2.45) is 0 Å². The first-order valence-corrected chi connectivity index (χ1v) is 8.24. The van der Waals surface area contributed by atoms with Crippen molar-refractivity contribution in [3.05, 3.63) is 28.8 Å². The third-order valence-corrected chi connectivity index (χ3v) is 4.43. The summed E-state index contributed by atoms with van der Waals surface area (Å²) in [6.45, 7) is 8.86. The Morgan fingerprint density at radius 1 is 1.33 bits per heavy atom. The standard InChI is InChI=1S/C17H27ClN2O/c1-13(2)19-12-14-5-6-16(15(18)11-14)20-9-4-7-17(3,21)8-10-20/h5-6,11,13,19,21H,4,7-10,12H2,1-3H3. The van der Waals surface area contributed by atoms with Crippen molar-refractivity contribution in [1.82, 2.24) is 5.32 Å². The summed E-state index contributed by atoms with van der Waals surface area (Å²) in [7, 11) is 0. The molecular formula is C17H27ClN2O. The molecule has 1 aromatic rings. The number of halogens is 1. The molecular weight excluding hydrogens is 284 g/mol. The van der Waals surface area contributed by atoms with Crippen LogP contribution in [0.2, 0.25) is 5.02 Å². The van der Waals surface area contributed by atoms with E-state index in [1.165, 1.54) is 5.56 Å². The van der Waals surface area contributed by atoms with Crippen LogP contribution in [0.15, 0.2) is 18.2 Å². The van der Waals surface area contributed by atoms with Gasteiger partial charge in [0.15, 0.2) is 0 Å². The Bertz CT molecular complexity index is 474. The van der Waals surface area contributed by atoms with E-state index in [4.69, 9.17) is 11.6 Å². The molecule has 1 unspecified atom stereocenters. The first-order valence-electron chi connectivity index (χ1n) is 7.86. The molecule has 118 valence electrons. The molecule has 0 amide bonds. The van der Waals surface area contributed by atoms with Crippen molar-refractivity contribution >= 4 is 17.3 Å². The molecule has 3 nitrogen and oxygen atoms in total. The zero-order valence-corrected chi connectivity index (χ0v) is 14.1. The van der Waals surface area contributed by atoms with E-state index in [2.05, 4.69) is 42.3 Å². The minimum absolute atomic E-state index is 0.469. The zero-order chi connectivity index (χ0) is 15.5. The van der Waals surface area contributed by atoms with Gasteiger partial charge in [0.2, 0.25) is 0 Å². The van der Waals surface area contributed by atoms with Crippen LogP contribution in [0.25, 0.3) is 0 Å². The highest BCUT2D eigenvalue weighted by molar-refractivity contribution is 6.33. The predicted molar refractivity (Wildman–Crippen MR) is 90.1 cm³/mol.